The van der Waals surface area contributed by atoms with E-state index < -0.39 is 0 Å². The minimum Gasteiger partial charge on any atom is -0.311 e. The van der Waals surface area contributed by atoms with E-state index in [-0.39, 0.29) is 0 Å². The van der Waals surface area contributed by atoms with Gasteiger partial charge >= 0.3 is 0 Å². The van der Waals surface area contributed by atoms with Crippen molar-refractivity contribution in [3.63, 3.8) is 0 Å². The number of hydrogen-bond donors (Lipinski definition) is 1. The van der Waals surface area contributed by atoms with Crippen molar-refractivity contribution < 1.29 is 0 Å². The second-order valence-corrected chi connectivity index (χ2v) is 5.49. The maximum atomic E-state index is 6.26. The average molecular weight is 256 g/mol. The summed E-state index contributed by atoms with van der Waals surface area (Å²) in [5.74, 6) is 1.74. The Labute approximate surface area is 109 Å². The summed E-state index contributed by atoms with van der Waals surface area (Å²) in [6.45, 7) is 9.17. The highest BCUT2D eigenvalue weighted by Gasteiger charge is 2.27. The monoisotopic (exact) mass is 255 g/mol. The second kappa shape index (κ2) is 5.40. The third-order valence-corrected chi connectivity index (χ3v) is 4.13. The fourth-order valence-corrected chi connectivity index (χ4v) is 2.49. The van der Waals surface area contributed by atoms with Crippen LogP contribution in [0.15, 0.2) is 0 Å². The lowest BCUT2D eigenvalue weighted by atomic mass is 10.1. The maximum absolute atomic E-state index is 6.26. The van der Waals surface area contributed by atoms with Gasteiger partial charge in [-0.25, -0.2) is 0 Å². The van der Waals surface area contributed by atoms with Gasteiger partial charge in [0, 0.05) is 13.1 Å². The molecule has 0 aromatic carbocycles. The first-order valence-corrected chi connectivity index (χ1v) is 6.93. The van der Waals surface area contributed by atoms with Gasteiger partial charge in [0.1, 0.15) is 0 Å². The summed E-state index contributed by atoms with van der Waals surface area (Å²) in [5, 5.41) is 8.74. The smallest absolute Gasteiger partial charge is 0.0860 e. The van der Waals surface area contributed by atoms with Crippen molar-refractivity contribution in [2.75, 3.05) is 6.54 Å². The molecule has 17 heavy (non-hydrogen) atoms. The molecule has 4 heteroatoms. The van der Waals surface area contributed by atoms with E-state index in [1.54, 1.807) is 0 Å². The third kappa shape index (κ3) is 3.02. The first kappa shape index (κ1) is 12.9. The van der Waals surface area contributed by atoms with E-state index in [0.29, 0.717) is 0 Å². The molecule has 0 radical (unpaired) electrons. The van der Waals surface area contributed by atoms with Crippen molar-refractivity contribution >= 4 is 11.6 Å². The van der Waals surface area contributed by atoms with Crippen molar-refractivity contribution in [1.29, 1.82) is 0 Å². The van der Waals surface area contributed by atoms with E-state index in [4.69, 9.17) is 11.6 Å². The highest BCUT2D eigenvalue weighted by Crippen LogP contribution is 2.36. The molecule has 1 heterocycles. The number of rotatable bonds is 6. The van der Waals surface area contributed by atoms with Gasteiger partial charge in [0.15, 0.2) is 0 Å². The lowest BCUT2D eigenvalue weighted by Crippen LogP contribution is -2.23. The largest absolute Gasteiger partial charge is 0.311 e. The molecule has 96 valence electrons. The molecule has 0 aliphatic heterocycles. The van der Waals surface area contributed by atoms with Crippen LogP contribution in [-0.2, 0) is 13.1 Å². The average Bonchev–Trinajstić information content (AvgIpc) is 3.11. The predicted molar refractivity (Wildman–Crippen MR) is 71.2 cm³/mol. The summed E-state index contributed by atoms with van der Waals surface area (Å²) in [6.07, 6.45) is 2.82. The van der Waals surface area contributed by atoms with Crippen LogP contribution in [0, 0.1) is 18.8 Å². The molecule has 1 unspecified atom stereocenters. The zero-order chi connectivity index (χ0) is 12.4. The maximum Gasteiger partial charge on any atom is 0.0860 e. The minimum atomic E-state index is 0.785. The van der Waals surface area contributed by atoms with Crippen LogP contribution in [0.5, 0.6) is 0 Å². The van der Waals surface area contributed by atoms with Crippen molar-refractivity contribution in [2.24, 2.45) is 11.8 Å². The van der Waals surface area contributed by atoms with E-state index in [9.17, 15) is 0 Å². The van der Waals surface area contributed by atoms with Crippen molar-refractivity contribution in [2.45, 2.75) is 46.7 Å². The standard InChI is InChI=1S/C13H22ClN3/c1-4-17-12(13(14)10(3)16-17)8-15-7-9(2)11-5-6-11/h9,11,15H,4-8H2,1-3H3. The third-order valence-electron chi connectivity index (χ3n) is 3.64. The van der Waals surface area contributed by atoms with Gasteiger partial charge < -0.3 is 5.32 Å². The lowest BCUT2D eigenvalue weighted by Gasteiger charge is -2.12. The van der Waals surface area contributed by atoms with E-state index >= 15 is 0 Å². The lowest BCUT2D eigenvalue weighted by molar-refractivity contribution is 0.453. The molecule has 3 nitrogen and oxygen atoms in total. The van der Waals surface area contributed by atoms with Crippen LogP contribution in [0.4, 0.5) is 0 Å². The Morgan fingerprint density at radius 2 is 2.24 bits per heavy atom. The van der Waals surface area contributed by atoms with Gasteiger partial charge in [0.25, 0.3) is 0 Å². The second-order valence-electron chi connectivity index (χ2n) is 5.11. The summed E-state index contributed by atoms with van der Waals surface area (Å²) >= 11 is 6.26. The summed E-state index contributed by atoms with van der Waals surface area (Å²) < 4.78 is 1.99. The number of nitrogens with zero attached hydrogens (tertiary/aromatic N) is 2. The Balaban J connectivity index is 1.88. The quantitative estimate of drug-likeness (QED) is 0.847. The molecular formula is C13H22ClN3. The first-order chi connectivity index (χ1) is 8.13. The molecule has 1 N–H and O–H groups in total. The van der Waals surface area contributed by atoms with Crippen LogP contribution in [0.25, 0.3) is 0 Å². The van der Waals surface area contributed by atoms with Crippen LogP contribution in [0.3, 0.4) is 0 Å². The Morgan fingerprint density at radius 1 is 1.53 bits per heavy atom. The number of aromatic nitrogens is 2. The highest BCUT2D eigenvalue weighted by atomic mass is 35.5. The molecule has 1 aliphatic carbocycles. The van der Waals surface area contributed by atoms with Gasteiger partial charge in [0.2, 0.25) is 0 Å². The minimum absolute atomic E-state index is 0.785. The SMILES string of the molecule is CCn1nc(C)c(Cl)c1CNCC(C)C1CC1. The molecule has 1 aliphatic rings. The van der Waals surface area contributed by atoms with Crippen LogP contribution in [0.2, 0.25) is 5.02 Å². The predicted octanol–water partition coefficient (Wildman–Crippen LogP) is 3.00. The Kier molecular flexibility index (Phi) is 4.10. The highest BCUT2D eigenvalue weighted by molar-refractivity contribution is 6.31. The summed E-state index contributed by atoms with van der Waals surface area (Å²) in [4.78, 5) is 0. The zero-order valence-electron chi connectivity index (χ0n) is 11.0. The van der Waals surface area contributed by atoms with E-state index in [2.05, 4.69) is 24.3 Å². The first-order valence-electron chi connectivity index (χ1n) is 6.56. The van der Waals surface area contributed by atoms with Gasteiger partial charge in [-0.05, 0) is 45.1 Å². The van der Waals surface area contributed by atoms with Gasteiger partial charge in [-0.15, -0.1) is 0 Å². The molecule has 1 fully saturated rings. The molecule has 1 atom stereocenters. The van der Waals surface area contributed by atoms with E-state index in [0.717, 1.165) is 47.9 Å². The Morgan fingerprint density at radius 3 is 2.82 bits per heavy atom. The molecule has 1 aromatic rings. The van der Waals surface area contributed by atoms with Crippen molar-refractivity contribution in [3.05, 3.63) is 16.4 Å². The summed E-state index contributed by atoms with van der Waals surface area (Å²) in [6, 6.07) is 0. The van der Waals surface area contributed by atoms with Gasteiger partial charge in [-0.3, -0.25) is 4.68 Å². The van der Waals surface area contributed by atoms with E-state index in [1.165, 1.54) is 12.8 Å². The number of nitrogens with one attached hydrogen (secondary N) is 1. The van der Waals surface area contributed by atoms with Gasteiger partial charge in [-0.1, -0.05) is 18.5 Å². The topological polar surface area (TPSA) is 29.9 Å². The van der Waals surface area contributed by atoms with Crippen molar-refractivity contribution in [1.82, 2.24) is 15.1 Å². The van der Waals surface area contributed by atoms with Gasteiger partial charge in [0.05, 0.1) is 16.4 Å². The van der Waals surface area contributed by atoms with Crippen LogP contribution < -0.4 is 5.32 Å². The number of hydrogen-bond acceptors (Lipinski definition) is 2. The van der Waals surface area contributed by atoms with Crippen LogP contribution in [0.1, 0.15) is 38.1 Å². The molecule has 2 rings (SSSR count). The molecule has 0 saturated heterocycles. The molecule has 0 bridgehead atoms. The molecule has 1 aromatic heterocycles. The summed E-state index contributed by atoms with van der Waals surface area (Å²) in [7, 11) is 0. The van der Waals surface area contributed by atoms with Crippen LogP contribution in [-0.4, -0.2) is 16.3 Å². The zero-order valence-corrected chi connectivity index (χ0v) is 11.7. The van der Waals surface area contributed by atoms with Crippen molar-refractivity contribution in [3.8, 4) is 0 Å². The fourth-order valence-electron chi connectivity index (χ4n) is 2.29. The normalized spacial score (nSPS) is 17.4. The van der Waals surface area contributed by atoms with Gasteiger partial charge in [-0.2, -0.15) is 5.10 Å². The molecule has 1 saturated carbocycles. The Hall–Kier alpha value is -0.540. The number of aryl methyl sites for hydroxylation is 2. The van der Waals surface area contributed by atoms with Crippen LogP contribution >= 0.6 is 11.6 Å². The summed E-state index contributed by atoms with van der Waals surface area (Å²) in [5.41, 5.74) is 2.05. The Bertz CT molecular complexity index is 382. The molecule has 0 spiro atoms. The van der Waals surface area contributed by atoms with E-state index in [1.807, 2.05) is 11.6 Å². The number of halogens is 1. The molecule has 0 amide bonds. The molecular weight excluding hydrogens is 234 g/mol. The fraction of sp³-hybridized carbons (Fsp3) is 0.769.